The van der Waals surface area contributed by atoms with Crippen LogP contribution in [0, 0.1) is 5.92 Å². The number of nitrogens with zero attached hydrogens (tertiary/aromatic N) is 1. The van der Waals surface area contributed by atoms with Crippen LogP contribution >= 0.6 is 0 Å². The van der Waals surface area contributed by atoms with Gasteiger partial charge in [-0.05, 0) is 71.0 Å². The Morgan fingerprint density at radius 2 is 1.86 bits per heavy atom. The van der Waals surface area contributed by atoms with Gasteiger partial charge in [-0.1, -0.05) is 13.8 Å². The summed E-state index contributed by atoms with van der Waals surface area (Å²) in [7, 11) is 0. The fourth-order valence-corrected chi connectivity index (χ4v) is 3.22. The van der Waals surface area contributed by atoms with E-state index in [-0.39, 0.29) is 5.91 Å². The zero-order valence-electron chi connectivity index (χ0n) is 14.2. The van der Waals surface area contributed by atoms with Crippen LogP contribution in [0.4, 0.5) is 0 Å². The van der Waals surface area contributed by atoms with Crippen LogP contribution in [0.2, 0.25) is 0 Å². The number of carbonyl (C=O) groups excluding carboxylic acids is 1. The summed E-state index contributed by atoms with van der Waals surface area (Å²) in [5.74, 6) is 0.776. The van der Waals surface area contributed by atoms with E-state index in [1.807, 2.05) is 0 Å². The Morgan fingerprint density at radius 1 is 1.24 bits per heavy atom. The molecule has 0 bridgehead atoms. The first kappa shape index (κ1) is 18.4. The summed E-state index contributed by atoms with van der Waals surface area (Å²) in [4.78, 5) is 14.5. The van der Waals surface area contributed by atoms with Gasteiger partial charge in [0.15, 0.2) is 0 Å². The Balaban J connectivity index is 2.12. The second-order valence-electron chi connectivity index (χ2n) is 6.62. The van der Waals surface area contributed by atoms with Crippen molar-refractivity contribution in [3.05, 3.63) is 0 Å². The second-order valence-corrected chi connectivity index (χ2v) is 6.62. The molecule has 1 aliphatic carbocycles. The molecule has 1 saturated carbocycles. The number of hydrogen-bond acceptors (Lipinski definition) is 3. The monoisotopic (exact) mass is 297 g/mol. The van der Waals surface area contributed by atoms with Gasteiger partial charge in [0.1, 0.15) is 0 Å². The maximum absolute atomic E-state index is 12.1. The van der Waals surface area contributed by atoms with Crippen LogP contribution < -0.4 is 11.1 Å². The lowest BCUT2D eigenvalue weighted by Gasteiger charge is -2.26. The largest absolute Gasteiger partial charge is 0.354 e. The van der Waals surface area contributed by atoms with E-state index in [0.717, 1.165) is 58.2 Å². The molecule has 4 nitrogen and oxygen atoms in total. The maximum Gasteiger partial charge on any atom is 0.220 e. The predicted octanol–water partition coefficient (Wildman–Crippen LogP) is 2.52. The van der Waals surface area contributed by atoms with E-state index in [0.29, 0.717) is 24.4 Å². The highest BCUT2D eigenvalue weighted by molar-refractivity contribution is 5.76. The van der Waals surface area contributed by atoms with Gasteiger partial charge in [0.25, 0.3) is 0 Å². The van der Waals surface area contributed by atoms with Crippen molar-refractivity contribution in [1.29, 1.82) is 0 Å². The molecule has 1 unspecified atom stereocenters. The maximum atomic E-state index is 12.1. The molecule has 0 spiro atoms. The lowest BCUT2D eigenvalue weighted by Crippen LogP contribution is -2.36. The van der Waals surface area contributed by atoms with Crippen molar-refractivity contribution in [2.45, 2.75) is 77.8 Å². The molecular formula is C17H35N3O. The van der Waals surface area contributed by atoms with Crippen molar-refractivity contribution in [3.8, 4) is 0 Å². The zero-order chi connectivity index (χ0) is 15.7. The van der Waals surface area contributed by atoms with Gasteiger partial charge in [0.05, 0.1) is 0 Å². The first-order valence-corrected chi connectivity index (χ1v) is 8.82. The van der Waals surface area contributed by atoms with Crippen LogP contribution in [0.15, 0.2) is 0 Å². The third-order valence-electron chi connectivity index (χ3n) is 4.78. The summed E-state index contributed by atoms with van der Waals surface area (Å²) >= 11 is 0. The lowest BCUT2D eigenvalue weighted by molar-refractivity contribution is -0.122. The van der Waals surface area contributed by atoms with E-state index in [2.05, 4.69) is 31.0 Å². The van der Waals surface area contributed by atoms with E-state index >= 15 is 0 Å². The van der Waals surface area contributed by atoms with Crippen LogP contribution in [0.3, 0.4) is 0 Å². The molecular weight excluding hydrogens is 262 g/mol. The molecule has 124 valence electrons. The van der Waals surface area contributed by atoms with E-state index < -0.39 is 0 Å². The Morgan fingerprint density at radius 3 is 2.43 bits per heavy atom. The Bertz CT molecular complexity index is 284. The molecule has 0 aliphatic heterocycles. The van der Waals surface area contributed by atoms with Gasteiger partial charge in [-0.15, -0.1) is 0 Å². The van der Waals surface area contributed by atoms with Crippen molar-refractivity contribution in [1.82, 2.24) is 10.2 Å². The van der Waals surface area contributed by atoms with Crippen molar-refractivity contribution < 1.29 is 4.79 Å². The van der Waals surface area contributed by atoms with Crippen molar-refractivity contribution >= 4 is 5.91 Å². The molecule has 1 aliphatic rings. The number of nitrogens with one attached hydrogen (secondary N) is 1. The highest BCUT2D eigenvalue weighted by Crippen LogP contribution is 2.25. The molecule has 1 fully saturated rings. The highest BCUT2D eigenvalue weighted by atomic mass is 16.1. The number of rotatable bonds is 9. The average Bonchev–Trinajstić information content (AvgIpc) is 2.46. The minimum atomic E-state index is 0.228. The SMILES string of the molecule is CCN(CC)CCCC(C)NC(=O)CC1CCC(N)CC1. The summed E-state index contributed by atoms with van der Waals surface area (Å²) < 4.78 is 0. The molecule has 1 rings (SSSR count). The first-order chi connectivity index (χ1) is 10.0. The Kier molecular flexibility index (Phi) is 8.93. The van der Waals surface area contributed by atoms with Gasteiger partial charge >= 0.3 is 0 Å². The summed E-state index contributed by atoms with van der Waals surface area (Å²) in [6.07, 6.45) is 7.30. The minimum Gasteiger partial charge on any atom is -0.354 e. The normalized spacial score (nSPS) is 24.0. The number of nitrogens with two attached hydrogens (primary N) is 1. The standard InChI is InChI=1S/C17H35N3O/c1-4-20(5-2)12-6-7-14(3)19-17(21)13-15-8-10-16(18)11-9-15/h14-16H,4-13,18H2,1-3H3,(H,19,21). The number of amides is 1. The van der Waals surface area contributed by atoms with Crippen LogP contribution in [0.1, 0.15) is 65.7 Å². The fraction of sp³-hybridized carbons (Fsp3) is 0.941. The molecule has 0 heterocycles. The number of hydrogen-bond donors (Lipinski definition) is 2. The van der Waals surface area contributed by atoms with Gasteiger partial charge in [0, 0.05) is 18.5 Å². The molecule has 0 aromatic heterocycles. The average molecular weight is 297 g/mol. The predicted molar refractivity (Wildman–Crippen MR) is 89.2 cm³/mol. The van der Waals surface area contributed by atoms with Gasteiger partial charge in [0.2, 0.25) is 5.91 Å². The van der Waals surface area contributed by atoms with Crippen molar-refractivity contribution in [2.75, 3.05) is 19.6 Å². The lowest BCUT2D eigenvalue weighted by atomic mass is 9.84. The Labute approximate surface area is 130 Å². The van der Waals surface area contributed by atoms with Crippen LogP contribution in [-0.2, 0) is 4.79 Å². The van der Waals surface area contributed by atoms with Gasteiger partial charge in [-0.25, -0.2) is 0 Å². The highest BCUT2D eigenvalue weighted by Gasteiger charge is 2.21. The van der Waals surface area contributed by atoms with Gasteiger partial charge in [-0.2, -0.15) is 0 Å². The van der Waals surface area contributed by atoms with E-state index in [1.165, 1.54) is 0 Å². The minimum absolute atomic E-state index is 0.228. The van der Waals surface area contributed by atoms with Crippen LogP contribution in [0.5, 0.6) is 0 Å². The molecule has 21 heavy (non-hydrogen) atoms. The molecule has 0 aromatic carbocycles. The number of carbonyl (C=O) groups is 1. The molecule has 0 radical (unpaired) electrons. The van der Waals surface area contributed by atoms with E-state index in [4.69, 9.17) is 5.73 Å². The topological polar surface area (TPSA) is 58.4 Å². The quantitative estimate of drug-likeness (QED) is 0.687. The first-order valence-electron chi connectivity index (χ1n) is 8.82. The summed E-state index contributed by atoms with van der Waals surface area (Å²) in [6.45, 7) is 9.88. The molecule has 0 aromatic rings. The Hall–Kier alpha value is -0.610. The second kappa shape index (κ2) is 10.2. The summed E-state index contributed by atoms with van der Waals surface area (Å²) in [5.41, 5.74) is 5.91. The third kappa shape index (κ3) is 7.82. The fourth-order valence-electron chi connectivity index (χ4n) is 3.22. The molecule has 1 amide bonds. The summed E-state index contributed by atoms with van der Waals surface area (Å²) in [6, 6.07) is 0.655. The summed E-state index contributed by atoms with van der Waals surface area (Å²) in [5, 5.41) is 3.16. The van der Waals surface area contributed by atoms with Crippen molar-refractivity contribution in [2.24, 2.45) is 11.7 Å². The smallest absolute Gasteiger partial charge is 0.220 e. The van der Waals surface area contributed by atoms with Crippen LogP contribution in [0.25, 0.3) is 0 Å². The van der Waals surface area contributed by atoms with Crippen molar-refractivity contribution in [3.63, 3.8) is 0 Å². The molecule has 4 heteroatoms. The van der Waals surface area contributed by atoms with Gasteiger partial charge in [-0.3, -0.25) is 4.79 Å². The van der Waals surface area contributed by atoms with E-state index in [1.54, 1.807) is 0 Å². The molecule has 3 N–H and O–H groups in total. The van der Waals surface area contributed by atoms with Gasteiger partial charge < -0.3 is 16.0 Å². The van der Waals surface area contributed by atoms with E-state index in [9.17, 15) is 4.79 Å². The zero-order valence-corrected chi connectivity index (χ0v) is 14.2. The molecule has 1 atom stereocenters. The third-order valence-corrected chi connectivity index (χ3v) is 4.78. The van der Waals surface area contributed by atoms with Crippen LogP contribution in [-0.4, -0.2) is 42.5 Å². The molecule has 0 saturated heterocycles.